The standard InChI is InChI=1S/C27H34N2O6/c1-33-21-10-7-19(8-11-21)23(30)5-4-6-26(31)28-22(18-29-13-2-3-14-29)27(32)20-9-12-24-25(17-20)35-16-15-34-24/h7-12,17,22,27,32H,2-6,13-16,18H2,1H3,(H,28,31)/p+1. The van der Waals surface area contributed by atoms with E-state index >= 15 is 0 Å². The molecule has 2 aliphatic rings. The molecule has 0 radical (unpaired) electrons. The number of hydrogen-bond acceptors (Lipinski definition) is 6. The Bertz CT molecular complexity index is 1000. The maximum Gasteiger partial charge on any atom is 0.220 e. The van der Waals surface area contributed by atoms with Gasteiger partial charge in [-0.3, -0.25) is 9.59 Å². The summed E-state index contributed by atoms with van der Waals surface area (Å²) in [5, 5.41) is 14.2. The number of carbonyl (C=O) groups excluding carboxylic acids is 2. The van der Waals surface area contributed by atoms with Gasteiger partial charge in [-0.15, -0.1) is 0 Å². The molecule has 1 amide bonds. The van der Waals surface area contributed by atoms with Crippen molar-refractivity contribution in [1.82, 2.24) is 5.32 Å². The average Bonchev–Trinajstić information content (AvgIpc) is 3.40. The van der Waals surface area contributed by atoms with Gasteiger partial charge in [0.05, 0.1) is 20.2 Å². The molecule has 0 bridgehead atoms. The summed E-state index contributed by atoms with van der Waals surface area (Å²) in [6, 6.07) is 12.0. The minimum absolute atomic E-state index is 0.00479. The number of quaternary nitrogens is 1. The van der Waals surface area contributed by atoms with E-state index in [4.69, 9.17) is 14.2 Å². The van der Waals surface area contributed by atoms with Crippen LogP contribution < -0.4 is 24.4 Å². The van der Waals surface area contributed by atoms with Crippen molar-refractivity contribution in [3.8, 4) is 17.2 Å². The number of benzene rings is 2. The molecule has 0 aliphatic carbocycles. The Morgan fingerprint density at radius 2 is 1.74 bits per heavy atom. The van der Waals surface area contributed by atoms with Gasteiger partial charge in [0.2, 0.25) is 5.91 Å². The maximum atomic E-state index is 12.8. The number of rotatable bonds is 11. The van der Waals surface area contributed by atoms with E-state index in [9.17, 15) is 14.7 Å². The molecule has 0 aromatic heterocycles. The molecule has 3 N–H and O–H groups in total. The van der Waals surface area contributed by atoms with Crippen molar-refractivity contribution in [2.75, 3.05) is 40.0 Å². The molecule has 0 spiro atoms. The molecule has 2 heterocycles. The van der Waals surface area contributed by atoms with E-state index in [1.54, 1.807) is 43.5 Å². The Hall–Kier alpha value is -3.10. The lowest BCUT2D eigenvalue weighted by Gasteiger charge is -2.27. The number of Topliss-reactive ketones (excluding diaryl/α,β-unsaturated/α-hetero) is 1. The lowest BCUT2D eigenvalue weighted by Crippen LogP contribution is -3.11. The quantitative estimate of drug-likeness (QED) is 0.421. The van der Waals surface area contributed by atoms with Gasteiger partial charge < -0.3 is 29.5 Å². The Labute approximate surface area is 206 Å². The lowest BCUT2D eigenvalue weighted by atomic mass is 10.00. The second-order valence-electron chi connectivity index (χ2n) is 9.19. The summed E-state index contributed by atoms with van der Waals surface area (Å²) in [7, 11) is 1.58. The van der Waals surface area contributed by atoms with Crippen molar-refractivity contribution in [2.24, 2.45) is 0 Å². The van der Waals surface area contributed by atoms with E-state index < -0.39 is 12.1 Å². The van der Waals surface area contributed by atoms with E-state index in [0.717, 1.165) is 25.9 Å². The van der Waals surface area contributed by atoms with Crippen LogP contribution in [0.3, 0.4) is 0 Å². The molecule has 188 valence electrons. The number of amides is 1. The zero-order chi connectivity index (χ0) is 24.6. The van der Waals surface area contributed by atoms with Crippen LogP contribution in [-0.2, 0) is 4.79 Å². The van der Waals surface area contributed by atoms with Crippen molar-refractivity contribution < 1.29 is 33.8 Å². The number of hydrogen-bond donors (Lipinski definition) is 3. The first-order chi connectivity index (χ1) is 17.0. The number of ether oxygens (including phenoxy) is 3. The van der Waals surface area contributed by atoms with Gasteiger partial charge in [-0.05, 0) is 48.4 Å². The van der Waals surface area contributed by atoms with Crippen molar-refractivity contribution >= 4 is 11.7 Å². The van der Waals surface area contributed by atoms with Crippen LogP contribution >= 0.6 is 0 Å². The Morgan fingerprint density at radius 3 is 2.46 bits per heavy atom. The normalized spacial score (nSPS) is 17.0. The van der Waals surface area contributed by atoms with Gasteiger partial charge in [-0.2, -0.15) is 0 Å². The summed E-state index contributed by atoms with van der Waals surface area (Å²) in [4.78, 5) is 26.6. The molecule has 2 atom stereocenters. The summed E-state index contributed by atoms with van der Waals surface area (Å²) in [6.07, 6.45) is 2.39. The summed E-state index contributed by atoms with van der Waals surface area (Å²) in [5.74, 6) is 1.81. The molecule has 2 unspecified atom stereocenters. The molecular formula is C27H35N2O6+. The van der Waals surface area contributed by atoms with Gasteiger partial charge >= 0.3 is 0 Å². The van der Waals surface area contributed by atoms with Crippen LogP contribution in [0.25, 0.3) is 0 Å². The number of likely N-dealkylation sites (tertiary alicyclic amines) is 1. The van der Waals surface area contributed by atoms with Crippen molar-refractivity contribution in [2.45, 2.75) is 44.2 Å². The first-order valence-corrected chi connectivity index (χ1v) is 12.4. The van der Waals surface area contributed by atoms with Gasteiger partial charge in [-0.1, -0.05) is 6.07 Å². The monoisotopic (exact) mass is 483 g/mol. The van der Waals surface area contributed by atoms with Gasteiger partial charge in [0.15, 0.2) is 17.3 Å². The van der Waals surface area contributed by atoms with E-state index in [1.165, 1.54) is 4.90 Å². The third kappa shape index (κ3) is 6.74. The molecule has 1 saturated heterocycles. The average molecular weight is 484 g/mol. The number of fused-ring (bicyclic) bond motifs is 1. The van der Waals surface area contributed by atoms with Crippen molar-refractivity contribution in [3.63, 3.8) is 0 Å². The first kappa shape index (κ1) is 25.0. The SMILES string of the molecule is COc1ccc(C(=O)CCCC(=O)NC(C[NH+]2CCCC2)C(O)c2ccc3c(c2)OCCO3)cc1. The summed E-state index contributed by atoms with van der Waals surface area (Å²) >= 11 is 0. The Morgan fingerprint density at radius 1 is 1.03 bits per heavy atom. The number of methoxy groups -OCH3 is 1. The van der Waals surface area contributed by atoms with E-state index in [0.29, 0.717) is 54.6 Å². The minimum atomic E-state index is -0.871. The zero-order valence-electron chi connectivity index (χ0n) is 20.3. The maximum absolute atomic E-state index is 12.8. The highest BCUT2D eigenvalue weighted by Gasteiger charge is 2.30. The number of carbonyl (C=O) groups is 2. The Balaban J connectivity index is 1.34. The molecule has 2 aromatic rings. The second kappa shape index (κ2) is 12.0. The van der Waals surface area contributed by atoms with Crippen LogP contribution in [-0.4, -0.2) is 62.8 Å². The molecule has 2 aliphatic heterocycles. The van der Waals surface area contributed by atoms with E-state index in [2.05, 4.69) is 5.32 Å². The number of aliphatic hydroxyl groups excluding tert-OH is 1. The molecular weight excluding hydrogens is 448 g/mol. The van der Waals surface area contributed by atoms with Gasteiger partial charge in [-0.25, -0.2) is 0 Å². The topological polar surface area (TPSA) is 98.5 Å². The molecule has 35 heavy (non-hydrogen) atoms. The highest BCUT2D eigenvalue weighted by molar-refractivity contribution is 5.96. The van der Waals surface area contributed by atoms with Crippen LogP contribution in [0.1, 0.15) is 54.1 Å². The van der Waals surface area contributed by atoms with Crippen LogP contribution in [0.2, 0.25) is 0 Å². The smallest absolute Gasteiger partial charge is 0.220 e. The molecule has 1 fully saturated rings. The van der Waals surface area contributed by atoms with Crippen molar-refractivity contribution in [1.29, 1.82) is 0 Å². The lowest BCUT2D eigenvalue weighted by molar-refractivity contribution is -0.889. The fourth-order valence-electron chi connectivity index (χ4n) is 4.72. The fourth-order valence-corrected chi connectivity index (χ4v) is 4.72. The number of nitrogens with one attached hydrogen (secondary N) is 2. The number of ketones is 1. The third-order valence-electron chi connectivity index (χ3n) is 6.67. The van der Waals surface area contributed by atoms with E-state index in [1.807, 2.05) is 6.07 Å². The highest BCUT2D eigenvalue weighted by Crippen LogP contribution is 2.33. The van der Waals surface area contributed by atoms with Crippen LogP contribution in [0, 0.1) is 0 Å². The minimum Gasteiger partial charge on any atom is -0.497 e. The second-order valence-corrected chi connectivity index (χ2v) is 9.19. The van der Waals surface area contributed by atoms with E-state index in [-0.39, 0.29) is 24.5 Å². The largest absolute Gasteiger partial charge is 0.497 e. The van der Waals surface area contributed by atoms with Gasteiger partial charge in [0.25, 0.3) is 0 Å². The fraction of sp³-hybridized carbons (Fsp3) is 0.481. The van der Waals surface area contributed by atoms with Crippen LogP contribution in [0.15, 0.2) is 42.5 Å². The molecule has 8 heteroatoms. The predicted molar refractivity (Wildman–Crippen MR) is 130 cm³/mol. The molecule has 2 aromatic carbocycles. The molecule has 4 rings (SSSR count). The summed E-state index contributed by atoms with van der Waals surface area (Å²) in [5.41, 5.74) is 1.29. The van der Waals surface area contributed by atoms with Gasteiger partial charge in [0, 0.05) is 31.2 Å². The summed E-state index contributed by atoms with van der Waals surface area (Å²) < 4.78 is 16.4. The highest BCUT2D eigenvalue weighted by atomic mass is 16.6. The summed E-state index contributed by atoms with van der Waals surface area (Å²) in [6.45, 7) is 3.70. The third-order valence-corrected chi connectivity index (χ3v) is 6.67. The molecule has 8 nitrogen and oxygen atoms in total. The molecule has 0 saturated carbocycles. The first-order valence-electron chi connectivity index (χ1n) is 12.4. The van der Waals surface area contributed by atoms with Gasteiger partial charge in [0.1, 0.15) is 37.7 Å². The zero-order valence-corrected chi connectivity index (χ0v) is 20.3. The number of aliphatic hydroxyl groups is 1. The predicted octanol–water partition coefficient (Wildman–Crippen LogP) is 1.72. The van der Waals surface area contributed by atoms with Crippen molar-refractivity contribution in [3.05, 3.63) is 53.6 Å². The van der Waals surface area contributed by atoms with Crippen LogP contribution in [0.5, 0.6) is 17.2 Å². The Kier molecular flexibility index (Phi) is 8.60. The van der Waals surface area contributed by atoms with Crippen LogP contribution in [0.4, 0.5) is 0 Å².